The van der Waals surface area contributed by atoms with Crippen LogP contribution in [-0.2, 0) is 0 Å². The first-order chi connectivity index (χ1) is 13.4. The molecule has 6 nitrogen and oxygen atoms in total. The Hall–Kier alpha value is -2.34. The van der Waals surface area contributed by atoms with Crippen molar-refractivity contribution < 1.29 is 19.7 Å². The van der Waals surface area contributed by atoms with Gasteiger partial charge < -0.3 is 14.9 Å². The third-order valence-electron chi connectivity index (χ3n) is 3.61. The minimum Gasteiger partial charge on any atom is -0.508 e. The number of hydrazone groups is 1. The number of benzene rings is 3. The molecule has 3 N–H and O–H groups in total. The summed E-state index contributed by atoms with van der Waals surface area (Å²) in [6.45, 7) is 0. The fourth-order valence-corrected chi connectivity index (χ4v) is 4.03. The van der Waals surface area contributed by atoms with Crippen LogP contribution in [0.4, 0.5) is 0 Å². The molecule has 142 valence electrons. The van der Waals surface area contributed by atoms with Gasteiger partial charge in [0.05, 0.1) is 13.4 Å². The molecule has 3 aromatic carbocycles. The third kappa shape index (κ3) is 5.35. The van der Waals surface area contributed by atoms with Crippen molar-refractivity contribution in [2.24, 2.45) is 5.10 Å². The summed E-state index contributed by atoms with van der Waals surface area (Å²) in [4.78, 5) is 12.2. The van der Waals surface area contributed by atoms with Crippen LogP contribution in [0.1, 0.15) is 15.9 Å². The lowest BCUT2D eigenvalue weighted by Gasteiger charge is -2.06. The molecule has 0 aliphatic carbocycles. The van der Waals surface area contributed by atoms with Gasteiger partial charge in [-0.3, -0.25) is 4.79 Å². The minimum absolute atomic E-state index is 0.164. The molecule has 0 aromatic heterocycles. The van der Waals surface area contributed by atoms with Crippen molar-refractivity contribution >= 4 is 57.3 Å². The molecular weight excluding hydrogens is 586 g/mol. The molecule has 0 bridgehead atoms. The zero-order valence-electron chi connectivity index (χ0n) is 14.3. The molecule has 1 amide bonds. The first-order valence-corrected chi connectivity index (χ1v) is 10.2. The van der Waals surface area contributed by atoms with Gasteiger partial charge in [0.1, 0.15) is 23.0 Å². The van der Waals surface area contributed by atoms with Gasteiger partial charge in [0.15, 0.2) is 0 Å². The summed E-state index contributed by atoms with van der Waals surface area (Å²) in [5, 5.41) is 23.0. The Labute approximate surface area is 188 Å². The smallest absolute Gasteiger partial charge is 0.271 e. The van der Waals surface area contributed by atoms with Gasteiger partial charge >= 0.3 is 0 Å². The SMILES string of the molecule is O=C(N/N=C/c1cc(I)c(O)c(I)c1)c1ccc(Oc2ccc(O)cc2)cc1. The average molecular weight is 600 g/mol. The quantitative estimate of drug-likeness (QED) is 0.222. The highest BCUT2D eigenvalue weighted by molar-refractivity contribution is 14.1. The summed E-state index contributed by atoms with van der Waals surface area (Å²) in [5.41, 5.74) is 3.67. The molecular formula is C20H14I2N2O4. The van der Waals surface area contributed by atoms with Crippen molar-refractivity contribution in [1.82, 2.24) is 5.43 Å². The van der Waals surface area contributed by atoms with Crippen LogP contribution >= 0.6 is 45.2 Å². The van der Waals surface area contributed by atoms with Gasteiger partial charge in [0.2, 0.25) is 0 Å². The first-order valence-electron chi connectivity index (χ1n) is 8.01. The maximum Gasteiger partial charge on any atom is 0.271 e. The summed E-state index contributed by atoms with van der Waals surface area (Å²) in [7, 11) is 0. The van der Waals surface area contributed by atoms with E-state index < -0.39 is 0 Å². The Morgan fingerprint density at radius 3 is 2.04 bits per heavy atom. The monoisotopic (exact) mass is 600 g/mol. The Balaban J connectivity index is 1.61. The zero-order valence-corrected chi connectivity index (χ0v) is 18.6. The molecule has 0 saturated carbocycles. The molecule has 3 aromatic rings. The van der Waals surface area contributed by atoms with Gasteiger partial charge in [-0.2, -0.15) is 5.10 Å². The fraction of sp³-hybridized carbons (Fsp3) is 0. The molecule has 0 spiro atoms. The Kier molecular flexibility index (Phi) is 6.73. The minimum atomic E-state index is -0.351. The number of phenolic OH excluding ortho intramolecular Hbond substituents is 2. The number of amides is 1. The van der Waals surface area contributed by atoms with E-state index in [1.807, 2.05) is 45.2 Å². The molecule has 0 unspecified atom stereocenters. The van der Waals surface area contributed by atoms with E-state index in [0.29, 0.717) is 24.2 Å². The van der Waals surface area contributed by atoms with E-state index in [1.54, 1.807) is 48.5 Å². The highest BCUT2D eigenvalue weighted by Gasteiger charge is 2.06. The van der Waals surface area contributed by atoms with Crippen molar-refractivity contribution in [2.45, 2.75) is 0 Å². The number of carbonyl (C=O) groups is 1. The van der Waals surface area contributed by atoms with Crippen molar-refractivity contribution in [1.29, 1.82) is 0 Å². The fourth-order valence-electron chi connectivity index (χ4n) is 2.21. The van der Waals surface area contributed by atoms with Crippen LogP contribution in [0.3, 0.4) is 0 Å². The molecule has 0 radical (unpaired) electrons. The lowest BCUT2D eigenvalue weighted by Crippen LogP contribution is -2.17. The topological polar surface area (TPSA) is 91.2 Å². The molecule has 0 fully saturated rings. The van der Waals surface area contributed by atoms with Crippen LogP contribution in [0.25, 0.3) is 0 Å². The highest BCUT2D eigenvalue weighted by Crippen LogP contribution is 2.27. The van der Waals surface area contributed by atoms with E-state index in [2.05, 4.69) is 10.5 Å². The van der Waals surface area contributed by atoms with Gasteiger partial charge in [-0.1, -0.05) is 0 Å². The molecule has 0 aliphatic rings. The number of aromatic hydroxyl groups is 2. The first kappa shape index (κ1) is 20.4. The van der Waals surface area contributed by atoms with Gasteiger partial charge in [0, 0.05) is 5.56 Å². The number of carbonyl (C=O) groups excluding carboxylic acids is 1. The second-order valence-electron chi connectivity index (χ2n) is 5.65. The number of halogens is 2. The van der Waals surface area contributed by atoms with E-state index in [1.165, 1.54) is 18.3 Å². The largest absolute Gasteiger partial charge is 0.508 e. The molecule has 3 rings (SSSR count). The lowest BCUT2D eigenvalue weighted by molar-refractivity contribution is 0.0955. The third-order valence-corrected chi connectivity index (χ3v) is 5.25. The van der Waals surface area contributed by atoms with E-state index in [4.69, 9.17) is 4.74 Å². The predicted octanol–water partition coefficient (Wildman–Crippen LogP) is 4.86. The predicted molar refractivity (Wildman–Crippen MR) is 123 cm³/mol. The summed E-state index contributed by atoms with van der Waals surface area (Å²) >= 11 is 4.07. The van der Waals surface area contributed by atoms with Gasteiger partial charge in [-0.15, -0.1) is 0 Å². The van der Waals surface area contributed by atoms with Crippen LogP contribution in [0.2, 0.25) is 0 Å². The Morgan fingerprint density at radius 2 is 1.46 bits per heavy atom. The highest BCUT2D eigenvalue weighted by atomic mass is 127. The molecule has 0 saturated heterocycles. The summed E-state index contributed by atoms with van der Waals surface area (Å²) < 4.78 is 7.06. The number of rotatable bonds is 5. The summed E-state index contributed by atoms with van der Waals surface area (Å²) in [6, 6.07) is 16.5. The van der Waals surface area contributed by atoms with Crippen molar-refractivity contribution in [3.05, 3.63) is 78.9 Å². The molecule has 0 heterocycles. The normalized spacial score (nSPS) is 10.8. The van der Waals surface area contributed by atoms with Gasteiger partial charge in [-0.25, -0.2) is 5.43 Å². The van der Waals surface area contributed by atoms with E-state index in [9.17, 15) is 15.0 Å². The van der Waals surface area contributed by atoms with E-state index in [-0.39, 0.29) is 17.4 Å². The van der Waals surface area contributed by atoms with Gasteiger partial charge in [-0.05, 0) is 111 Å². The van der Waals surface area contributed by atoms with E-state index in [0.717, 1.165) is 5.56 Å². The van der Waals surface area contributed by atoms with Crippen LogP contribution in [0, 0.1) is 7.14 Å². The molecule has 0 atom stereocenters. The second-order valence-corrected chi connectivity index (χ2v) is 7.98. The van der Waals surface area contributed by atoms with Crippen LogP contribution in [-0.4, -0.2) is 22.3 Å². The molecule has 28 heavy (non-hydrogen) atoms. The number of hydrogen-bond acceptors (Lipinski definition) is 5. The number of phenols is 2. The maximum atomic E-state index is 12.2. The maximum absolute atomic E-state index is 12.2. The van der Waals surface area contributed by atoms with Crippen molar-refractivity contribution in [2.75, 3.05) is 0 Å². The molecule has 0 aliphatic heterocycles. The van der Waals surface area contributed by atoms with E-state index >= 15 is 0 Å². The standard InChI is InChI=1S/C20H14I2N2O4/c21-17-9-12(10-18(22)19(17)26)11-23-24-20(27)13-1-5-15(6-2-13)28-16-7-3-14(25)4-8-16/h1-11,25-26H,(H,24,27)/b23-11+. The Bertz CT molecular complexity index is 996. The Morgan fingerprint density at radius 1 is 0.929 bits per heavy atom. The van der Waals surface area contributed by atoms with Gasteiger partial charge in [0.25, 0.3) is 5.91 Å². The summed E-state index contributed by atoms with van der Waals surface area (Å²) in [6.07, 6.45) is 1.52. The van der Waals surface area contributed by atoms with Crippen molar-refractivity contribution in [3.63, 3.8) is 0 Å². The van der Waals surface area contributed by atoms with Crippen LogP contribution < -0.4 is 10.2 Å². The van der Waals surface area contributed by atoms with Crippen molar-refractivity contribution in [3.8, 4) is 23.0 Å². The number of hydrogen-bond donors (Lipinski definition) is 3. The van der Waals surface area contributed by atoms with Crippen LogP contribution in [0.15, 0.2) is 65.8 Å². The molecule has 8 heteroatoms. The number of ether oxygens (including phenoxy) is 1. The lowest BCUT2D eigenvalue weighted by atomic mass is 10.2. The number of nitrogens with zero attached hydrogens (tertiary/aromatic N) is 1. The average Bonchev–Trinajstić information content (AvgIpc) is 2.68. The summed E-state index contributed by atoms with van der Waals surface area (Å²) in [5.74, 6) is 1.20. The second kappa shape index (κ2) is 9.24. The zero-order chi connectivity index (χ0) is 20.1. The number of nitrogens with one attached hydrogen (secondary N) is 1. The van der Waals surface area contributed by atoms with Crippen LogP contribution in [0.5, 0.6) is 23.0 Å².